The number of hydrogen-bond donors (Lipinski definition) is 2. The van der Waals surface area contributed by atoms with Crippen molar-refractivity contribution in [3.63, 3.8) is 0 Å². The summed E-state index contributed by atoms with van der Waals surface area (Å²) < 4.78 is 10.6. The van der Waals surface area contributed by atoms with E-state index in [1.807, 2.05) is 12.1 Å². The van der Waals surface area contributed by atoms with Crippen molar-refractivity contribution in [1.29, 1.82) is 0 Å². The Balaban J connectivity index is 1.61. The molecule has 1 aliphatic heterocycles. The van der Waals surface area contributed by atoms with E-state index in [0.29, 0.717) is 47.1 Å². The highest BCUT2D eigenvalue weighted by Gasteiger charge is 2.24. The van der Waals surface area contributed by atoms with Crippen molar-refractivity contribution in [2.75, 3.05) is 32.6 Å². The number of methoxy groups -OCH3 is 2. The number of hydrogen-bond acceptors (Lipinski definition) is 7. The van der Waals surface area contributed by atoms with Gasteiger partial charge >= 0.3 is 0 Å². The van der Waals surface area contributed by atoms with Crippen LogP contribution in [-0.4, -0.2) is 64.3 Å². The summed E-state index contributed by atoms with van der Waals surface area (Å²) in [7, 11) is 3.19. The zero-order chi connectivity index (χ0) is 23.2. The third-order valence-corrected chi connectivity index (χ3v) is 5.32. The average molecular weight is 444 g/mol. The summed E-state index contributed by atoms with van der Waals surface area (Å²) in [6, 6.07) is 5.48. The lowest BCUT2D eigenvalue weighted by molar-refractivity contribution is -0.126. The number of aromatic nitrogens is 4. The van der Waals surface area contributed by atoms with Gasteiger partial charge in [-0.05, 0) is 43.7 Å². The average Bonchev–Trinajstić information content (AvgIpc) is 3.27. The molecule has 0 radical (unpaired) electrons. The second-order valence-electron chi connectivity index (χ2n) is 7.48. The Morgan fingerprint density at radius 2 is 1.97 bits per heavy atom. The number of carbonyl (C=O) groups excluding carboxylic acids is 1. The monoisotopic (exact) mass is 444 g/mol. The number of nitrogens with zero attached hydrogens (tertiary/aromatic N) is 4. The van der Waals surface area contributed by atoms with Gasteiger partial charge < -0.3 is 19.7 Å². The van der Waals surface area contributed by atoms with Crippen LogP contribution in [-0.2, 0) is 4.79 Å². The largest absolute Gasteiger partial charge is 0.497 e. The van der Waals surface area contributed by atoms with E-state index < -0.39 is 0 Å². The highest BCUT2D eigenvalue weighted by Crippen LogP contribution is 2.25. The molecule has 1 amide bonds. The summed E-state index contributed by atoms with van der Waals surface area (Å²) in [5.74, 6) is 13.3. The first kappa shape index (κ1) is 22.0. The minimum Gasteiger partial charge on any atom is -0.497 e. The summed E-state index contributed by atoms with van der Waals surface area (Å²) in [5.41, 5.74) is 1.84. The third kappa shape index (κ3) is 4.99. The first-order chi connectivity index (χ1) is 16.1. The maximum atomic E-state index is 12.2. The normalized spacial score (nSPS) is 15.1. The lowest BCUT2D eigenvalue weighted by Gasteiger charge is -2.32. The molecule has 4 rings (SSSR count). The molecule has 9 nitrogen and oxygen atoms in total. The van der Waals surface area contributed by atoms with Crippen LogP contribution < -0.4 is 14.8 Å². The van der Waals surface area contributed by atoms with Crippen LogP contribution >= 0.6 is 0 Å². The van der Waals surface area contributed by atoms with Gasteiger partial charge in [-0.25, -0.2) is 9.97 Å². The zero-order valence-electron chi connectivity index (χ0n) is 18.7. The van der Waals surface area contributed by atoms with Crippen LogP contribution in [0.25, 0.3) is 11.0 Å². The van der Waals surface area contributed by atoms with E-state index >= 15 is 0 Å². The first-order valence-corrected chi connectivity index (χ1v) is 10.5. The standard InChI is InChI=1S/C24H24N6O3/c1-4-6-21(31)30-10-5-7-17(14-30)27-23-22-20(28-29-24(22)26-15-25-23)9-8-16-11-18(32-2)13-19(12-16)33-3/h11-13,15,17H,5,7,10,14H2,1-3H3,(H2,25,26,27,28,29). The number of nitrogens with one attached hydrogen (secondary N) is 2. The minimum absolute atomic E-state index is 0.0396. The van der Waals surface area contributed by atoms with Crippen molar-refractivity contribution in [2.45, 2.75) is 25.8 Å². The molecule has 1 fully saturated rings. The summed E-state index contributed by atoms with van der Waals surface area (Å²) in [4.78, 5) is 22.6. The van der Waals surface area contributed by atoms with Gasteiger partial charge in [0.25, 0.3) is 5.91 Å². The van der Waals surface area contributed by atoms with Gasteiger partial charge in [-0.15, -0.1) is 0 Å². The number of fused-ring (bicyclic) bond motifs is 1. The Hall–Kier alpha value is -4.24. The van der Waals surface area contributed by atoms with E-state index in [2.05, 4.69) is 49.2 Å². The Kier molecular flexibility index (Phi) is 6.61. The second kappa shape index (κ2) is 9.92. The molecule has 3 heterocycles. The predicted octanol–water partition coefficient (Wildman–Crippen LogP) is 2.20. The van der Waals surface area contributed by atoms with E-state index in [-0.39, 0.29) is 11.9 Å². The smallest absolute Gasteiger partial charge is 0.298 e. The van der Waals surface area contributed by atoms with Crippen molar-refractivity contribution in [2.24, 2.45) is 0 Å². The van der Waals surface area contributed by atoms with Gasteiger partial charge in [-0.1, -0.05) is 11.8 Å². The summed E-state index contributed by atoms with van der Waals surface area (Å²) in [6.07, 6.45) is 3.28. The summed E-state index contributed by atoms with van der Waals surface area (Å²) >= 11 is 0. The van der Waals surface area contributed by atoms with Crippen molar-refractivity contribution >= 4 is 22.8 Å². The molecule has 2 N–H and O–H groups in total. The highest BCUT2D eigenvalue weighted by molar-refractivity contribution is 5.94. The van der Waals surface area contributed by atoms with Crippen LogP contribution in [0.5, 0.6) is 11.5 Å². The molecule has 9 heteroatoms. The first-order valence-electron chi connectivity index (χ1n) is 10.5. The van der Waals surface area contributed by atoms with Crippen molar-refractivity contribution in [3.05, 3.63) is 35.8 Å². The molecule has 1 unspecified atom stereocenters. The fourth-order valence-electron chi connectivity index (χ4n) is 3.73. The highest BCUT2D eigenvalue weighted by atomic mass is 16.5. The molecule has 1 aliphatic rings. The van der Waals surface area contributed by atoms with Gasteiger partial charge in [0, 0.05) is 30.8 Å². The van der Waals surface area contributed by atoms with E-state index in [4.69, 9.17) is 9.47 Å². The van der Waals surface area contributed by atoms with E-state index in [9.17, 15) is 4.79 Å². The molecule has 1 atom stereocenters. The molecule has 2 aromatic heterocycles. The second-order valence-corrected chi connectivity index (χ2v) is 7.48. The van der Waals surface area contributed by atoms with Gasteiger partial charge in [0.15, 0.2) is 5.65 Å². The van der Waals surface area contributed by atoms with Gasteiger partial charge in [-0.3, -0.25) is 9.89 Å². The van der Waals surface area contributed by atoms with Gasteiger partial charge in [-0.2, -0.15) is 5.10 Å². The van der Waals surface area contributed by atoms with Crippen molar-refractivity contribution in [3.8, 4) is 35.2 Å². The predicted molar refractivity (Wildman–Crippen MR) is 124 cm³/mol. The summed E-state index contributed by atoms with van der Waals surface area (Å²) in [6.45, 7) is 2.93. The molecule has 168 valence electrons. The lowest BCUT2D eigenvalue weighted by Crippen LogP contribution is -2.44. The number of aromatic amines is 1. The quantitative estimate of drug-likeness (QED) is 0.595. The number of ether oxygens (including phenoxy) is 2. The molecule has 33 heavy (non-hydrogen) atoms. The maximum Gasteiger partial charge on any atom is 0.298 e. The Morgan fingerprint density at radius 3 is 2.70 bits per heavy atom. The molecule has 0 bridgehead atoms. The lowest BCUT2D eigenvalue weighted by atomic mass is 10.1. The molecule has 1 saturated heterocycles. The number of amides is 1. The Labute approximate surface area is 191 Å². The Bertz CT molecular complexity index is 1270. The number of likely N-dealkylation sites (tertiary alicyclic amines) is 1. The van der Waals surface area contributed by atoms with E-state index in [1.54, 1.807) is 32.1 Å². The SMILES string of the molecule is CC#CC(=O)N1CCCC(Nc2ncnc3[nH]nc(C#Cc4cc(OC)cc(OC)c4)c23)C1. The molecule has 0 spiro atoms. The zero-order valence-corrected chi connectivity index (χ0v) is 18.7. The van der Waals surface area contributed by atoms with E-state index in [1.165, 1.54) is 6.33 Å². The van der Waals surface area contributed by atoms with Crippen molar-refractivity contribution in [1.82, 2.24) is 25.1 Å². The number of piperidine rings is 1. The Morgan fingerprint density at radius 1 is 1.18 bits per heavy atom. The van der Waals surface area contributed by atoms with Gasteiger partial charge in [0.1, 0.15) is 29.3 Å². The minimum atomic E-state index is -0.152. The van der Waals surface area contributed by atoms with Crippen LogP contribution in [0.3, 0.4) is 0 Å². The van der Waals surface area contributed by atoms with Crippen LogP contribution in [0.1, 0.15) is 31.0 Å². The maximum absolute atomic E-state index is 12.2. The van der Waals surface area contributed by atoms with Crippen molar-refractivity contribution < 1.29 is 14.3 Å². The van der Waals surface area contributed by atoms with Gasteiger partial charge in [0.05, 0.1) is 19.6 Å². The fourth-order valence-corrected chi connectivity index (χ4v) is 3.73. The number of rotatable bonds is 4. The van der Waals surface area contributed by atoms with Gasteiger partial charge in [0.2, 0.25) is 0 Å². The van der Waals surface area contributed by atoms with Crippen LogP contribution in [0.2, 0.25) is 0 Å². The molecular weight excluding hydrogens is 420 g/mol. The van der Waals surface area contributed by atoms with E-state index in [0.717, 1.165) is 18.4 Å². The molecule has 3 aromatic rings. The summed E-state index contributed by atoms with van der Waals surface area (Å²) in [5, 5.41) is 11.4. The fraction of sp³-hybridized carbons (Fsp3) is 0.333. The number of anilines is 1. The van der Waals surface area contributed by atoms with Crippen LogP contribution in [0, 0.1) is 23.7 Å². The third-order valence-electron chi connectivity index (χ3n) is 5.32. The molecule has 0 aliphatic carbocycles. The molecule has 1 aromatic carbocycles. The van der Waals surface area contributed by atoms with Crippen LogP contribution in [0.4, 0.5) is 5.82 Å². The number of benzene rings is 1. The molecule has 0 saturated carbocycles. The van der Waals surface area contributed by atoms with Crippen LogP contribution in [0.15, 0.2) is 24.5 Å². The topological polar surface area (TPSA) is 105 Å². The number of H-pyrrole nitrogens is 1. The molecular formula is C24H24N6O3. The number of carbonyl (C=O) groups is 1.